The fourth-order valence-electron chi connectivity index (χ4n) is 2.13. The van der Waals surface area contributed by atoms with Crippen molar-refractivity contribution in [3.8, 4) is 0 Å². The summed E-state index contributed by atoms with van der Waals surface area (Å²) in [5.74, 6) is 1.94. The molecular formula is C11H12ClN5. The number of aryl methyl sites for hydroxylation is 1. The third-order valence-electron chi connectivity index (χ3n) is 3.03. The summed E-state index contributed by atoms with van der Waals surface area (Å²) in [6.07, 6.45) is 3.42. The fraction of sp³-hybridized carbons (Fsp3) is 0.364. The number of hydrogen-bond donors (Lipinski definition) is 0. The van der Waals surface area contributed by atoms with Crippen LogP contribution in [0.3, 0.4) is 0 Å². The third kappa shape index (κ3) is 1.86. The van der Waals surface area contributed by atoms with Crippen molar-refractivity contribution < 1.29 is 0 Å². The molecule has 0 aromatic carbocycles. The molecular weight excluding hydrogens is 238 g/mol. The van der Waals surface area contributed by atoms with Gasteiger partial charge >= 0.3 is 0 Å². The van der Waals surface area contributed by atoms with Crippen LogP contribution in [0.25, 0.3) is 0 Å². The molecule has 0 radical (unpaired) electrons. The van der Waals surface area contributed by atoms with Gasteiger partial charge in [0.2, 0.25) is 0 Å². The van der Waals surface area contributed by atoms with Gasteiger partial charge in [-0.15, -0.1) is 0 Å². The summed E-state index contributed by atoms with van der Waals surface area (Å²) in [6, 6.07) is 1.79. The Balaban J connectivity index is 1.89. The first-order valence-electron chi connectivity index (χ1n) is 5.47. The molecule has 88 valence electrons. The molecule has 0 N–H and O–H groups in total. The highest BCUT2D eigenvalue weighted by atomic mass is 35.5. The highest BCUT2D eigenvalue weighted by Crippen LogP contribution is 2.21. The predicted molar refractivity (Wildman–Crippen MR) is 65.1 cm³/mol. The number of anilines is 1. The first kappa shape index (κ1) is 10.5. The molecule has 3 rings (SSSR count). The van der Waals surface area contributed by atoms with Crippen LogP contribution < -0.4 is 4.90 Å². The second kappa shape index (κ2) is 4.00. The first-order valence-corrected chi connectivity index (χ1v) is 5.85. The van der Waals surface area contributed by atoms with Crippen molar-refractivity contribution in [1.82, 2.24) is 19.5 Å². The highest BCUT2D eigenvalue weighted by Gasteiger charge is 2.19. The highest BCUT2D eigenvalue weighted by molar-refractivity contribution is 6.29. The Morgan fingerprint density at radius 3 is 2.94 bits per heavy atom. The van der Waals surface area contributed by atoms with E-state index in [1.165, 1.54) is 12.0 Å². The molecule has 6 heteroatoms. The van der Waals surface area contributed by atoms with E-state index in [2.05, 4.69) is 24.4 Å². The summed E-state index contributed by atoms with van der Waals surface area (Å²) in [5, 5.41) is 0.477. The van der Waals surface area contributed by atoms with Gasteiger partial charge in [0.1, 0.15) is 23.1 Å². The smallest absolute Gasteiger partial charge is 0.134 e. The predicted octanol–water partition coefficient (Wildman–Crippen LogP) is 1.66. The summed E-state index contributed by atoms with van der Waals surface area (Å²) in [5.41, 5.74) is 1.21. The van der Waals surface area contributed by atoms with E-state index in [0.29, 0.717) is 5.15 Å². The van der Waals surface area contributed by atoms with E-state index in [-0.39, 0.29) is 0 Å². The lowest BCUT2D eigenvalue weighted by molar-refractivity contribution is 0.556. The molecule has 0 atom stereocenters. The molecule has 0 saturated carbocycles. The zero-order chi connectivity index (χ0) is 11.8. The number of imidazole rings is 1. The second-order valence-electron chi connectivity index (χ2n) is 4.07. The van der Waals surface area contributed by atoms with Crippen molar-refractivity contribution >= 4 is 17.4 Å². The van der Waals surface area contributed by atoms with Crippen LogP contribution in [0.5, 0.6) is 0 Å². The van der Waals surface area contributed by atoms with E-state index in [9.17, 15) is 0 Å². The van der Waals surface area contributed by atoms with Gasteiger partial charge in [-0.05, 0) is 6.92 Å². The van der Waals surface area contributed by atoms with Gasteiger partial charge in [-0.25, -0.2) is 15.0 Å². The zero-order valence-corrected chi connectivity index (χ0v) is 10.2. The van der Waals surface area contributed by atoms with Crippen LogP contribution >= 0.6 is 11.6 Å². The molecule has 1 aliphatic rings. The van der Waals surface area contributed by atoms with Crippen LogP contribution in [0.2, 0.25) is 5.15 Å². The number of rotatable bonds is 1. The zero-order valence-electron chi connectivity index (χ0n) is 9.47. The van der Waals surface area contributed by atoms with Gasteiger partial charge in [0.25, 0.3) is 0 Å². The quantitative estimate of drug-likeness (QED) is 0.721. The Kier molecular flexibility index (Phi) is 2.48. The number of aromatic nitrogens is 4. The molecule has 5 nitrogen and oxygen atoms in total. The van der Waals surface area contributed by atoms with Gasteiger partial charge in [-0.3, -0.25) is 0 Å². The van der Waals surface area contributed by atoms with Crippen molar-refractivity contribution in [2.75, 3.05) is 11.4 Å². The number of hydrogen-bond acceptors (Lipinski definition) is 4. The van der Waals surface area contributed by atoms with Crippen molar-refractivity contribution in [3.05, 3.63) is 35.3 Å². The second-order valence-corrected chi connectivity index (χ2v) is 4.46. The standard InChI is InChI=1S/C11H12ClN5/c1-8-13-5-9-6-16(2-3-17(8)9)11-4-10(12)14-7-15-11/h4-5,7H,2-3,6H2,1H3. The van der Waals surface area contributed by atoms with Gasteiger partial charge < -0.3 is 9.47 Å². The van der Waals surface area contributed by atoms with Crippen LogP contribution in [0, 0.1) is 6.92 Å². The molecule has 0 spiro atoms. The molecule has 0 unspecified atom stereocenters. The molecule has 0 aliphatic carbocycles. The van der Waals surface area contributed by atoms with E-state index in [1.807, 2.05) is 13.1 Å². The van der Waals surface area contributed by atoms with Crippen LogP contribution in [0.1, 0.15) is 11.5 Å². The maximum atomic E-state index is 5.87. The van der Waals surface area contributed by atoms with E-state index in [0.717, 1.165) is 31.3 Å². The fourth-order valence-corrected chi connectivity index (χ4v) is 2.28. The van der Waals surface area contributed by atoms with Crippen molar-refractivity contribution in [2.24, 2.45) is 0 Å². The number of nitrogens with zero attached hydrogens (tertiary/aromatic N) is 5. The number of halogens is 1. The van der Waals surface area contributed by atoms with Crippen LogP contribution in [-0.4, -0.2) is 26.1 Å². The van der Waals surface area contributed by atoms with E-state index in [1.54, 1.807) is 6.07 Å². The molecule has 3 heterocycles. The Morgan fingerprint density at radius 1 is 1.24 bits per heavy atom. The van der Waals surface area contributed by atoms with Crippen molar-refractivity contribution in [1.29, 1.82) is 0 Å². The van der Waals surface area contributed by atoms with Gasteiger partial charge in [0, 0.05) is 19.2 Å². The lowest BCUT2D eigenvalue weighted by Crippen LogP contribution is -2.34. The summed E-state index contributed by atoms with van der Waals surface area (Å²) >= 11 is 5.87. The maximum Gasteiger partial charge on any atom is 0.134 e. The van der Waals surface area contributed by atoms with Crippen LogP contribution in [0.4, 0.5) is 5.82 Å². The first-order chi connectivity index (χ1) is 8.24. The monoisotopic (exact) mass is 249 g/mol. The van der Waals surface area contributed by atoms with Gasteiger partial charge in [0.05, 0.1) is 18.4 Å². The molecule has 0 fully saturated rings. The molecule has 1 aliphatic heterocycles. The van der Waals surface area contributed by atoms with E-state index < -0.39 is 0 Å². The minimum Gasteiger partial charge on any atom is -0.349 e. The Morgan fingerprint density at radius 2 is 2.12 bits per heavy atom. The minimum atomic E-state index is 0.477. The lowest BCUT2D eigenvalue weighted by atomic mass is 10.3. The summed E-state index contributed by atoms with van der Waals surface area (Å²) in [7, 11) is 0. The van der Waals surface area contributed by atoms with Crippen molar-refractivity contribution in [2.45, 2.75) is 20.0 Å². The van der Waals surface area contributed by atoms with E-state index in [4.69, 9.17) is 11.6 Å². The molecule has 2 aromatic heterocycles. The summed E-state index contributed by atoms with van der Waals surface area (Å²) in [4.78, 5) is 14.6. The molecule has 2 aromatic rings. The Hall–Kier alpha value is -1.62. The molecule has 0 bridgehead atoms. The van der Waals surface area contributed by atoms with Crippen LogP contribution in [-0.2, 0) is 13.1 Å². The normalized spacial score (nSPS) is 14.8. The molecule has 0 amide bonds. The van der Waals surface area contributed by atoms with Gasteiger partial charge in [-0.2, -0.15) is 0 Å². The Labute approximate surface area is 104 Å². The minimum absolute atomic E-state index is 0.477. The third-order valence-corrected chi connectivity index (χ3v) is 3.23. The van der Waals surface area contributed by atoms with Crippen LogP contribution in [0.15, 0.2) is 18.6 Å². The SMILES string of the molecule is Cc1ncc2n1CCN(c1cc(Cl)ncn1)C2. The van der Waals surface area contributed by atoms with Gasteiger partial charge in [-0.1, -0.05) is 11.6 Å². The average molecular weight is 250 g/mol. The topological polar surface area (TPSA) is 46.8 Å². The Bertz CT molecular complexity index is 551. The maximum absolute atomic E-state index is 5.87. The number of fused-ring (bicyclic) bond motifs is 1. The lowest BCUT2D eigenvalue weighted by Gasteiger charge is -2.29. The van der Waals surface area contributed by atoms with E-state index >= 15 is 0 Å². The summed E-state index contributed by atoms with van der Waals surface area (Å²) in [6.45, 7) is 4.69. The van der Waals surface area contributed by atoms with Crippen molar-refractivity contribution in [3.63, 3.8) is 0 Å². The average Bonchev–Trinajstić information content (AvgIpc) is 2.71. The van der Waals surface area contributed by atoms with Gasteiger partial charge in [0.15, 0.2) is 0 Å². The largest absolute Gasteiger partial charge is 0.349 e. The molecule has 17 heavy (non-hydrogen) atoms. The summed E-state index contributed by atoms with van der Waals surface area (Å²) < 4.78 is 2.24. The molecule has 0 saturated heterocycles.